The summed E-state index contributed by atoms with van der Waals surface area (Å²) in [7, 11) is 5.12. The first-order chi connectivity index (χ1) is 24.8. The predicted molar refractivity (Wildman–Crippen MR) is 196 cm³/mol. The van der Waals surface area contributed by atoms with Gasteiger partial charge in [0.15, 0.2) is 0 Å². The van der Waals surface area contributed by atoms with Crippen LogP contribution in [0.25, 0.3) is 22.0 Å². The average molecular weight is 697 g/mol. The number of piperidine rings is 2. The summed E-state index contributed by atoms with van der Waals surface area (Å²) in [6, 6.07) is 12.2. The number of methoxy groups -OCH3 is 2. The van der Waals surface area contributed by atoms with E-state index in [1.165, 1.54) is 5.56 Å². The Hall–Kier alpha value is -4.72. The van der Waals surface area contributed by atoms with Crippen LogP contribution in [0.1, 0.15) is 42.7 Å². The van der Waals surface area contributed by atoms with Crippen molar-refractivity contribution in [3.05, 3.63) is 70.3 Å². The SMILES string of the molecule is COc1cc(-c2cn(C)c(=O)c3[nH]ncc23)cc(OC)c1CN1CCN(CCN2CCC(c3ccc(N[C@@H]4CCC(=O)NC4=O)cc3)CC2)CC1. The van der Waals surface area contributed by atoms with E-state index in [1.54, 1.807) is 32.0 Å². The zero-order valence-corrected chi connectivity index (χ0v) is 29.7. The molecular formula is C38H48N8O5. The van der Waals surface area contributed by atoms with Gasteiger partial charge in [-0.05, 0) is 73.7 Å². The first kappa shape index (κ1) is 34.7. The maximum absolute atomic E-state index is 12.6. The van der Waals surface area contributed by atoms with Crippen molar-refractivity contribution in [2.24, 2.45) is 7.05 Å². The number of hydrogen-bond acceptors (Lipinski definition) is 10. The molecule has 4 aromatic rings. The van der Waals surface area contributed by atoms with Gasteiger partial charge in [0.1, 0.15) is 23.1 Å². The van der Waals surface area contributed by atoms with Crippen molar-refractivity contribution in [3.8, 4) is 22.6 Å². The van der Waals surface area contributed by atoms with Gasteiger partial charge in [-0.25, -0.2) is 0 Å². The minimum Gasteiger partial charge on any atom is -0.496 e. The molecular weight excluding hydrogens is 648 g/mol. The van der Waals surface area contributed by atoms with Gasteiger partial charge in [0.25, 0.3) is 5.56 Å². The molecule has 270 valence electrons. The van der Waals surface area contributed by atoms with Crippen molar-refractivity contribution >= 4 is 28.4 Å². The number of anilines is 1. The van der Waals surface area contributed by atoms with Crippen LogP contribution in [0, 0.1) is 0 Å². The minimum atomic E-state index is -0.361. The molecule has 3 aliphatic heterocycles. The highest BCUT2D eigenvalue weighted by atomic mass is 16.5. The number of amides is 2. The van der Waals surface area contributed by atoms with E-state index in [1.807, 2.05) is 18.3 Å². The van der Waals surface area contributed by atoms with Gasteiger partial charge in [-0.15, -0.1) is 0 Å². The Balaban J connectivity index is 0.879. The van der Waals surface area contributed by atoms with Crippen LogP contribution in [0.15, 0.2) is 53.6 Å². The second-order valence-corrected chi connectivity index (χ2v) is 14.0. The number of ether oxygens (including phenoxy) is 2. The number of fused-ring (bicyclic) bond motifs is 1. The fraction of sp³-hybridized carbons (Fsp3) is 0.474. The van der Waals surface area contributed by atoms with Crippen molar-refractivity contribution < 1.29 is 19.1 Å². The van der Waals surface area contributed by atoms with Gasteiger partial charge in [0.2, 0.25) is 11.8 Å². The molecule has 5 heterocycles. The molecule has 3 fully saturated rings. The Kier molecular flexibility index (Phi) is 10.4. The quantitative estimate of drug-likeness (QED) is 0.201. The summed E-state index contributed by atoms with van der Waals surface area (Å²) >= 11 is 0. The van der Waals surface area contributed by atoms with E-state index in [-0.39, 0.29) is 23.4 Å². The fourth-order valence-corrected chi connectivity index (χ4v) is 7.73. The van der Waals surface area contributed by atoms with Gasteiger partial charge in [0, 0.05) is 82.1 Å². The van der Waals surface area contributed by atoms with Gasteiger partial charge in [-0.1, -0.05) is 12.1 Å². The van der Waals surface area contributed by atoms with Crippen LogP contribution in [-0.4, -0.2) is 114 Å². The third-order valence-corrected chi connectivity index (χ3v) is 10.8. The monoisotopic (exact) mass is 696 g/mol. The molecule has 13 nitrogen and oxygen atoms in total. The molecule has 0 spiro atoms. The number of nitrogens with one attached hydrogen (secondary N) is 3. The van der Waals surface area contributed by atoms with Gasteiger partial charge in [0.05, 0.1) is 26.0 Å². The topological polar surface area (TPSA) is 137 Å². The number of benzene rings is 2. The number of aryl methyl sites for hydroxylation is 1. The first-order valence-corrected chi connectivity index (χ1v) is 17.9. The number of carbonyl (C=O) groups excluding carboxylic acids is 2. The number of pyridine rings is 1. The van der Waals surface area contributed by atoms with Crippen molar-refractivity contribution in [2.75, 3.05) is 71.9 Å². The van der Waals surface area contributed by atoms with E-state index in [0.717, 1.165) is 111 Å². The average Bonchev–Trinajstić information content (AvgIpc) is 3.65. The molecule has 2 amide bonds. The third kappa shape index (κ3) is 7.65. The molecule has 0 unspecified atom stereocenters. The van der Waals surface area contributed by atoms with Crippen LogP contribution in [0.5, 0.6) is 11.5 Å². The molecule has 7 rings (SSSR count). The van der Waals surface area contributed by atoms with Crippen LogP contribution in [0.2, 0.25) is 0 Å². The highest BCUT2D eigenvalue weighted by molar-refractivity contribution is 6.01. The van der Waals surface area contributed by atoms with Crippen molar-refractivity contribution in [1.82, 2.24) is 34.8 Å². The summed E-state index contributed by atoms with van der Waals surface area (Å²) < 4.78 is 13.4. The molecule has 3 aliphatic rings. The first-order valence-electron chi connectivity index (χ1n) is 17.9. The summed E-state index contributed by atoms with van der Waals surface area (Å²) in [5.74, 6) is 1.63. The number of likely N-dealkylation sites (tertiary alicyclic amines) is 1. The smallest absolute Gasteiger partial charge is 0.276 e. The van der Waals surface area contributed by atoms with Gasteiger partial charge in [-0.2, -0.15) is 5.10 Å². The number of hydrogen-bond donors (Lipinski definition) is 3. The third-order valence-electron chi connectivity index (χ3n) is 10.8. The van der Waals surface area contributed by atoms with E-state index in [9.17, 15) is 14.4 Å². The van der Waals surface area contributed by atoms with Crippen molar-refractivity contribution in [3.63, 3.8) is 0 Å². The number of rotatable bonds is 11. The largest absolute Gasteiger partial charge is 0.496 e. The molecule has 0 saturated carbocycles. The molecule has 3 saturated heterocycles. The van der Waals surface area contributed by atoms with E-state index in [4.69, 9.17) is 9.47 Å². The van der Waals surface area contributed by atoms with E-state index in [2.05, 4.69) is 59.8 Å². The summed E-state index contributed by atoms with van der Waals surface area (Å²) in [4.78, 5) is 43.7. The van der Waals surface area contributed by atoms with E-state index < -0.39 is 0 Å². The van der Waals surface area contributed by atoms with Gasteiger partial charge in [-0.3, -0.25) is 34.6 Å². The molecule has 2 aromatic heterocycles. The van der Waals surface area contributed by atoms with E-state index in [0.29, 0.717) is 24.3 Å². The highest BCUT2D eigenvalue weighted by Crippen LogP contribution is 2.38. The standard InChI is InChI=1S/C38H48N8O5/c1-43-23-30(29-22-39-42-36(29)38(43)49)27-20-33(50-2)31(34(21-27)51-3)24-46-18-16-45(17-19-46)15-14-44-12-10-26(11-13-44)25-4-6-28(7-5-25)40-32-8-9-35(47)41-37(32)48/h4-7,20-23,26,32,40H,8-19,24H2,1-3H3,(H,39,42)(H,41,47,48)/t32-/m1/s1. The second-order valence-electron chi connectivity index (χ2n) is 14.0. The molecule has 1 atom stereocenters. The number of nitrogens with zero attached hydrogens (tertiary/aromatic N) is 5. The molecule has 13 heteroatoms. The Morgan fingerprint density at radius 1 is 0.863 bits per heavy atom. The Morgan fingerprint density at radius 2 is 1.51 bits per heavy atom. The number of aromatic nitrogens is 3. The lowest BCUT2D eigenvalue weighted by Gasteiger charge is -2.37. The van der Waals surface area contributed by atoms with Gasteiger partial charge < -0.3 is 24.3 Å². The lowest BCUT2D eigenvalue weighted by atomic mass is 9.89. The summed E-state index contributed by atoms with van der Waals surface area (Å²) in [5, 5.41) is 13.4. The van der Waals surface area contributed by atoms with Crippen LogP contribution in [0.4, 0.5) is 5.69 Å². The second kappa shape index (κ2) is 15.3. The molecule has 3 N–H and O–H groups in total. The Morgan fingerprint density at radius 3 is 2.16 bits per heavy atom. The zero-order valence-electron chi connectivity index (χ0n) is 29.7. The van der Waals surface area contributed by atoms with Crippen LogP contribution in [0.3, 0.4) is 0 Å². The van der Waals surface area contributed by atoms with Crippen LogP contribution in [-0.2, 0) is 23.2 Å². The number of carbonyl (C=O) groups is 2. The Bertz CT molecular complexity index is 1900. The molecule has 0 aliphatic carbocycles. The molecule has 0 bridgehead atoms. The maximum Gasteiger partial charge on any atom is 0.276 e. The summed E-state index contributed by atoms with van der Waals surface area (Å²) in [5.41, 5.74) is 5.43. The molecule has 2 aromatic carbocycles. The number of aromatic amines is 1. The summed E-state index contributed by atoms with van der Waals surface area (Å²) in [6.45, 7) is 9.08. The molecule has 51 heavy (non-hydrogen) atoms. The fourth-order valence-electron chi connectivity index (χ4n) is 7.73. The van der Waals surface area contributed by atoms with Gasteiger partial charge >= 0.3 is 0 Å². The molecule has 0 radical (unpaired) electrons. The van der Waals surface area contributed by atoms with Crippen LogP contribution >= 0.6 is 0 Å². The minimum absolute atomic E-state index is 0.118. The van der Waals surface area contributed by atoms with Crippen molar-refractivity contribution in [1.29, 1.82) is 0 Å². The van der Waals surface area contributed by atoms with Crippen molar-refractivity contribution in [2.45, 2.75) is 44.2 Å². The Labute approximate surface area is 297 Å². The van der Waals surface area contributed by atoms with E-state index >= 15 is 0 Å². The maximum atomic E-state index is 12.6. The zero-order chi connectivity index (χ0) is 35.5. The van der Waals surface area contributed by atoms with Crippen LogP contribution < -0.4 is 25.7 Å². The number of imide groups is 1. The normalized spacial score (nSPS) is 19.7. The lowest BCUT2D eigenvalue weighted by molar-refractivity contribution is -0.133. The number of piperazine rings is 1. The lowest BCUT2D eigenvalue weighted by Crippen LogP contribution is -2.48. The number of H-pyrrole nitrogens is 1. The highest BCUT2D eigenvalue weighted by Gasteiger charge is 2.27. The summed E-state index contributed by atoms with van der Waals surface area (Å²) in [6.07, 6.45) is 6.71. The predicted octanol–water partition coefficient (Wildman–Crippen LogP) is 3.16.